The maximum Gasteiger partial charge on any atom is 0.269 e. The summed E-state index contributed by atoms with van der Waals surface area (Å²) in [4.78, 5) is 33.5. The molecular weight excluding hydrogens is 432 g/mol. The number of thioether (sulfide) groups is 1. The highest BCUT2D eigenvalue weighted by Crippen LogP contribution is 2.20. The molecule has 0 unspecified atom stereocenters. The van der Waals surface area contributed by atoms with Crippen LogP contribution < -0.4 is 10.9 Å². The topological polar surface area (TPSA) is 84.0 Å². The van der Waals surface area contributed by atoms with E-state index in [0.717, 1.165) is 38.4 Å². The zero-order chi connectivity index (χ0) is 23.2. The molecule has 1 heterocycles. The van der Waals surface area contributed by atoms with Crippen molar-refractivity contribution in [2.45, 2.75) is 31.2 Å². The molecule has 4 rings (SSSR count). The molecule has 1 aromatic heterocycles. The molecule has 0 saturated heterocycles. The zero-order valence-electron chi connectivity index (χ0n) is 18.5. The van der Waals surface area contributed by atoms with E-state index >= 15 is 0 Å². The van der Waals surface area contributed by atoms with Crippen LogP contribution in [0.1, 0.15) is 32.9 Å². The van der Waals surface area contributed by atoms with E-state index in [0.29, 0.717) is 11.3 Å². The lowest BCUT2D eigenvalue weighted by Gasteiger charge is -2.09. The first-order valence-electron chi connectivity index (χ1n) is 10.6. The summed E-state index contributed by atoms with van der Waals surface area (Å²) in [6, 6.07) is 23.1. The van der Waals surface area contributed by atoms with Crippen molar-refractivity contribution in [3.05, 3.63) is 101 Å². The maximum absolute atomic E-state index is 12.4. The van der Waals surface area contributed by atoms with Gasteiger partial charge in [-0.1, -0.05) is 66.4 Å². The van der Waals surface area contributed by atoms with Crippen LogP contribution in [0.25, 0.3) is 10.8 Å². The molecule has 0 saturated carbocycles. The molecule has 0 atom stereocenters. The first-order valence-corrected chi connectivity index (χ1v) is 11.6. The summed E-state index contributed by atoms with van der Waals surface area (Å²) in [6.07, 6.45) is 0.182. The van der Waals surface area contributed by atoms with Crippen molar-refractivity contribution in [3.63, 3.8) is 0 Å². The van der Waals surface area contributed by atoms with E-state index in [4.69, 9.17) is 0 Å². The summed E-state index contributed by atoms with van der Waals surface area (Å²) >= 11 is 1.55. The number of nitrogens with one attached hydrogen (secondary N) is 2. The molecule has 3 aromatic carbocycles. The third-order valence-corrected chi connectivity index (χ3v) is 5.96. The van der Waals surface area contributed by atoms with Gasteiger partial charge in [0.25, 0.3) is 5.91 Å². The van der Waals surface area contributed by atoms with E-state index in [2.05, 4.69) is 20.8 Å². The molecule has 0 radical (unpaired) electrons. The number of benzene rings is 3. The fraction of sp³-hybridized carbons (Fsp3) is 0.154. The van der Waals surface area contributed by atoms with Gasteiger partial charge in [0.05, 0.1) is 6.42 Å². The third kappa shape index (κ3) is 6.17. The van der Waals surface area contributed by atoms with Gasteiger partial charge >= 0.3 is 0 Å². The Morgan fingerprint density at radius 1 is 0.788 bits per heavy atom. The van der Waals surface area contributed by atoms with Crippen LogP contribution >= 0.6 is 11.8 Å². The van der Waals surface area contributed by atoms with Gasteiger partial charge in [-0.15, -0.1) is 0 Å². The van der Waals surface area contributed by atoms with E-state index < -0.39 is 0 Å². The van der Waals surface area contributed by atoms with Crippen LogP contribution in [-0.2, 0) is 17.0 Å². The quantitative estimate of drug-likeness (QED) is 0.253. The van der Waals surface area contributed by atoms with Crippen molar-refractivity contribution < 1.29 is 9.59 Å². The highest BCUT2D eigenvalue weighted by molar-refractivity contribution is 7.98. The second-order valence-corrected chi connectivity index (χ2v) is 8.72. The molecule has 4 aromatic rings. The van der Waals surface area contributed by atoms with Crippen molar-refractivity contribution in [3.8, 4) is 0 Å². The molecule has 2 amide bonds. The third-order valence-electron chi connectivity index (χ3n) is 5.04. The van der Waals surface area contributed by atoms with E-state index in [1.54, 1.807) is 23.9 Å². The van der Waals surface area contributed by atoms with Crippen LogP contribution in [-0.4, -0.2) is 21.8 Å². The molecule has 0 aliphatic rings. The number of carbonyl (C=O) groups excluding carboxylic acids is 2. The number of nitrogens with zero attached hydrogens (tertiary/aromatic N) is 2. The minimum atomic E-state index is -0.362. The second kappa shape index (κ2) is 10.3. The minimum absolute atomic E-state index is 0.182. The highest BCUT2D eigenvalue weighted by atomic mass is 32.2. The molecule has 6 nitrogen and oxygen atoms in total. The molecule has 7 heteroatoms. The fourth-order valence-corrected chi connectivity index (χ4v) is 4.34. The highest BCUT2D eigenvalue weighted by Gasteiger charge is 2.09. The predicted octanol–water partition coefficient (Wildman–Crippen LogP) is 4.54. The fourth-order valence-electron chi connectivity index (χ4n) is 3.44. The van der Waals surface area contributed by atoms with Gasteiger partial charge in [0, 0.05) is 22.7 Å². The monoisotopic (exact) mass is 456 g/mol. The Kier molecular flexibility index (Phi) is 7.00. The van der Waals surface area contributed by atoms with Crippen molar-refractivity contribution in [1.29, 1.82) is 0 Å². The van der Waals surface area contributed by atoms with Crippen molar-refractivity contribution in [2.24, 2.45) is 0 Å². The van der Waals surface area contributed by atoms with Gasteiger partial charge < -0.3 is 0 Å². The number of hydrogen-bond acceptors (Lipinski definition) is 5. The van der Waals surface area contributed by atoms with Crippen molar-refractivity contribution >= 4 is 34.3 Å². The molecule has 0 aliphatic heterocycles. The number of amides is 2. The Bertz CT molecular complexity index is 1290. The van der Waals surface area contributed by atoms with Crippen LogP contribution in [0.4, 0.5) is 0 Å². The van der Waals surface area contributed by atoms with Gasteiger partial charge in [0.1, 0.15) is 0 Å². The Balaban J connectivity index is 1.27. The van der Waals surface area contributed by atoms with Gasteiger partial charge in [-0.2, -0.15) is 0 Å². The van der Waals surface area contributed by atoms with Crippen LogP contribution in [0.3, 0.4) is 0 Å². The summed E-state index contributed by atoms with van der Waals surface area (Å²) in [6.45, 7) is 3.90. The lowest BCUT2D eigenvalue weighted by Crippen LogP contribution is -2.42. The summed E-state index contributed by atoms with van der Waals surface area (Å²) in [7, 11) is 0. The van der Waals surface area contributed by atoms with Gasteiger partial charge in [-0.05, 0) is 53.9 Å². The Hall–Kier alpha value is -3.71. The number of aryl methyl sites for hydroxylation is 2. The molecule has 33 heavy (non-hydrogen) atoms. The van der Waals surface area contributed by atoms with Crippen LogP contribution in [0.5, 0.6) is 0 Å². The molecule has 2 N–H and O–H groups in total. The molecule has 166 valence electrons. The number of carbonyl (C=O) groups is 2. The summed E-state index contributed by atoms with van der Waals surface area (Å²) < 4.78 is 0. The number of fused-ring (bicyclic) bond motifs is 1. The van der Waals surface area contributed by atoms with Crippen LogP contribution in [0, 0.1) is 13.8 Å². The first-order chi connectivity index (χ1) is 16.0. The van der Waals surface area contributed by atoms with Gasteiger partial charge in [-0.3, -0.25) is 20.4 Å². The summed E-state index contributed by atoms with van der Waals surface area (Å²) in [5.74, 6) is 0.0617. The smallest absolute Gasteiger partial charge is 0.269 e. The molecule has 0 bridgehead atoms. The van der Waals surface area contributed by atoms with Crippen molar-refractivity contribution in [2.75, 3.05) is 0 Å². The molecule has 0 aliphatic carbocycles. The van der Waals surface area contributed by atoms with Crippen LogP contribution in [0.15, 0.2) is 78.0 Å². The molecule has 0 fully saturated rings. The average molecular weight is 457 g/mol. The van der Waals surface area contributed by atoms with E-state index in [1.165, 1.54) is 0 Å². The van der Waals surface area contributed by atoms with E-state index in [9.17, 15) is 9.59 Å². The Labute approximate surface area is 196 Å². The Morgan fingerprint density at radius 2 is 1.45 bits per heavy atom. The number of rotatable bonds is 6. The number of hydrazine groups is 1. The molecule has 0 spiro atoms. The SMILES string of the molecule is Cc1cc(C)nc(SCc2ccc(C(=O)NNC(=O)Cc3ccc4ccccc4c3)cc2)n1. The van der Waals surface area contributed by atoms with Gasteiger partial charge in [-0.25, -0.2) is 9.97 Å². The van der Waals surface area contributed by atoms with Crippen LogP contribution in [0.2, 0.25) is 0 Å². The van der Waals surface area contributed by atoms with Gasteiger partial charge in [0.2, 0.25) is 5.91 Å². The largest absolute Gasteiger partial charge is 0.273 e. The standard InChI is InChI=1S/C26H24N4O2S/c1-17-13-18(2)28-26(27-17)33-16-19-7-11-22(12-8-19)25(32)30-29-24(31)15-20-9-10-21-5-3-4-6-23(21)14-20/h3-14H,15-16H2,1-2H3,(H,29,31)(H,30,32). The van der Waals surface area contributed by atoms with E-state index in [1.807, 2.05) is 74.5 Å². The minimum Gasteiger partial charge on any atom is -0.273 e. The predicted molar refractivity (Wildman–Crippen MR) is 131 cm³/mol. The lowest BCUT2D eigenvalue weighted by molar-refractivity contribution is -0.121. The summed E-state index contributed by atoms with van der Waals surface area (Å²) in [5.41, 5.74) is 9.27. The van der Waals surface area contributed by atoms with Crippen molar-refractivity contribution in [1.82, 2.24) is 20.8 Å². The number of aromatic nitrogens is 2. The first kappa shape index (κ1) is 22.5. The number of hydrogen-bond donors (Lipinski definition) is 2. The normalized spacial score (nSPS) is 10.7. The summed E-state index contributed by atoms with van der Waals surface area (Å²) in [5, 5.41) is 2.94. The maximum atomic E-state index is 12.4. The molecular formula is C26H24N4O2S. The average Bonchev–Trinajstić information content (AvgIpc) is 2.81. The van der Waals surface area contributed by atoms with Gasteiger partial charge in [0.15, 0.2) is 5.16 Å². The Morgan fingerprint density at radius 3 is 2.18 bits per heavy atom. The van der Waals surface area contributed by atoms with E-state index in [-0.39, 0.29) is 18.2 Å². The second-order valence-electron chi connectivity index (χ2n) is 7.78. The lowest BCUT2D eigenvalue weighted by atomic mass is 10.1. The zero-order valence-corrected chi connectivity index (χ0v) is 19.3.